The predicted octanol–water partition coefficient (Wildman–Crippen LogP) is 2.39. The highest BCUT2D eigenvalue weighted by Crippen LogP contribution is 2.29. The second-order valence-corrected chi connectivity index (χ2v) is 4.99. The third-order valence-electron chi connectivity index (χ3n) is 2.54. The Bertz CT molecular complexity index is 552. The zero-order chi connectivity index (χ0) is 16.2. The fourth-order valence-corrected chi connectivity index (χ4v) is 1.39. The molecule has 0 aliphatic heterocycles. The fourth-order valence-electron chi connectivity index (χ4n) is 1.39. The van der Waals surface area contributed by atoms with Crippen LogP contribution in [0.4, 0.5) is 18.9 Å². The average molecular weight is 306 g/mol. The van der Waals surface area contributed by atoms with Crippen molar-refractivity contribution in [1.29, 1.82) is 0 Å². The maximum absolute atomic E-state index is 12.5. The van der Waals surface area contributed by atoms with Crippen LogP contribution in [-0.2, 0) is 15.7 Å². The summed E-state index contributed by atoms with van der Waals surface area (Å²) in [7, 11) is 0. The molecule has 1 atom stereocenters. The van der Waals surface area contributed by atoms with Gasteiger partial charge >= 0.3 is 6.18 Å². The number of aromatic nitrogens is 1. The second kappa shape index (κ2) is 6.75. The van der Waals surface area contributed by atoms with E-state index in [1.54, 1.807) is 0 Å². The van der Waals surface area contributed by atoms with Crippen LogP contribution in [0.3, 0.4) is 0 Å². The zero-order valence-corrected chi connectivity index (χ0v) is 11.9. The van der Waals surface area contributed by atoms with Crippen molar-refractivity contribution in [3.8, 4) is 0 Å². The van der Waals surface area contributed by atoms with Gasteiger partial charge in [0.05, 0.1) is 5.56 Å². The number of aromatic amines is 1. The number of nitrogens with one attached hydrogen (secondary N) is 2. The number of carbonyl (C=O) groups excluding carboxylic acids is 1. The molecule has 0 fully saturated rings. The van der Waals surface area contributed by atoms with Gasteiger partial charge in [-0.05, 0) is 18.9 Å². The number of alkyl halides is 3. The lowest BCUT2D eigenvalue weighted by Gasteiger charge is -2.15. The molecular weight excluding hydrogens is 289 g/mol. The number of rotatable bonds is 5. The molecule has 0 radical (unpaired) electrons. The van der Waals surface area contributed by atoms with E-state index in [0.29, 0.717) is 18.9 Å². The van der Waals surface area contributed by atoms with Gasteiger partial charge < -0.3 is 15.0 Å². The van der Waals surface area contributed by atoms with Crippen molar-refractivity contribution in [2.75, 3.05) is 11.9 Å². The lowest BCUT2D eigenvalue weighted by Crippen LogP contribution is -2.31. The van der Waals surface area contributed by atoms with Gasteiger partial charge in [-0.1, -0.05) is 13.8 Å². The van der Waals surface area contributed by atoms with Crippen LogP contribution in [0.1, 0.15) is 26.3 Å². The molecule has 0 aliphatic rings. The predicted molar refractivity (Wildman–Crippen MR) is 70.9 cm³/mol. The van der Waals surface area contributed by atoms with Gasteiger partial charge in [-0.3, -0.25) is 9.59 Å². The molecule has 1 amide bonds. The van der Waals surface area contributed by atoms with Crippen LogP contribution in [-0.4, -0.2) is 23.6 Å². The summed E-state index contributed by atoms with van der Waals surface area (Å²) in [6.07, 6.45) is -4.93. The first-order valence-corrected chi connectivity index (χ1v) is 6.33. The maximum atomic E-state index is 12.5. The monoisotopic (exact) mass is 306 g/mol. The third-order valence-corrected chi connectivity index (χ3v) is 2.54. The van der Waals surface area contributed by atoms with E-state index < -0.39 is 35.0 Å². The van der Waals surface area contributed by atoms with Crippen LogP contribution in [0.25, 0.3) is 0 Å². The van der Waals surface area contributed by atoms with Gasteiger partial charge in [-0.15, -0.1) is 0 Å². The third kappa shape index (κ3) is 5.22. The quantitative estimate of drug-likeness (QED) is 0.877. The molecule has 5 nitrogen and oxygen atoms in total. The minimum absolute atomic E-state index is 0.206. The van der Waals surface area contributed by atoms with Crippen molar-refractivity contribution in [2.45, 2.75) is 33.1 Å². The number of pyridine rings is 1. The van der Waals surface area contributed by atoms with E-state index in [4.69, 9.17) is 4.74 Å². The van der Waals surface area contributed by atoms with E-state index in [-0.39, 0.29) is 5.92 Å². The van der Waals surface area contributed by atoms with Gasteiger partial charge in [0.2, 0.25) is 0 Å². The van der Waals surface area contributed by atoms with Crippen molar-refractivity contribution >= 4 is 11.6 Å². The van der Waals surface area contributed by atoms with Gasteiger partial charge in [0.15, 0.2) is 0 Å². The first-order valence-electron chi connectivity index (χ1n) is 6.33. The summed E-state index contributed by atoms with van der Waals surface area (Å²) in [5.41, 5.74) is -2.32. The molecule has 2 N–H and O–H groups in total. The van der Waals surface area contributed by atoms with Gasteiger partial charge in [0, 0.05) is 12.8 Å². The Morgan fingerprint density at radius 3 is 2.52 bits per heavy atom. The first-order chi connectivity index (χ1) is 9.61. The topological polar surface area (TPSA) is 71.2 Å². The van der Waals surface area contributed by atoms with Gasteiger partial charge in [0.1, 0.15) is 11.8 Å². The highest BCUT2D eigenvalue weighted by Gasteiger charge is 2.31. The molecule has 1 aromatic heterocycles. The van der Waals surface area contributed by atoms with E-state index in [1.165, 1.54) is 6.92 Å². The van der Waals surface area contributed by atoms with E-state index >= 15 is 0 Å². The lowest BCUT2D eigenvalue weighted by molar-refractivity contribution is -0.138. The van der Waals surface area contributed by atoms with Crippen molar-refractivity contribution in [1.82, 2.24) is 4.98 Å². The van der Waals surface area contributed by atoms with Gasteiger partial charge in [-0.25, -0.2) is 0 Å². The highest BCUT2D eigenvalue weighted by molar-refractivity contribution is 5.93. The summed E-state index contributed by atoms with van der Waals surface area (Å²) in [6, 6.07) is 0.589. The molecule has 0 aromatic carbocycles. The lowest BCUT2D eigenvalue weighted by atomic mass is 10.2. The van der Waals surface area contributed by atoms with E-state index in [1.807, 2.05) is 18.8 Å². The molecule has 0 bridgehead atoms. The van der Waals surface area contributed by atoms with Crippen LogP contribution in [0.5, 0.6) is 0 Å². The van der Waals surface area contributed by atoms with Crippen molar-refractivity contribution in [3.63, 3.8) is 0 Å². The number of hydrogen-bond acceptors (Lipinski definition) is 3. The molecule has 1 heterocycles. The second-order valence-electron chi connectivity index (χ2n) is 4.99. The summed E-state index contributed by atoms with van der Waals surface area (Å²) in [4.78, 5) is 25.2. The summed E-state index contributed by atoms with van der Waals surface area (Å²) >= 11 is 0. The standard InChI is InChI=1S/C13H17F3N2O3/c1-7(2)6-21-8(3)11(19)18-10-4-9(13(14,15)16)5-17-12(10)20/h4-5,7-8H,6H2,1-3H3,(H,17,20)(H,18,19)/t8-/m1/s1. The number of halogens is 3. The summed E-state index contributed by atoms with van der Waals surface area (Å²) in [5, 5.41) is 2.14. The largest absolute Gasteiger partial charge is 0.417 e. The Morgan fingerprint density at radius 1 is 1.38 bits per heavy atom. The smallest absolute Gasteiger partial charge is 0.368 e. The highest BCUT2D eigenvalue weighted by atomic mass is 19.4. The Labute approximate surface area is 119 Å². The summed E-state index contributed by atoms with van der Waals surface area (Å²) in [6.45, 7) is 5.57. The molecule has 8 heteroatoms. The van der Waals surface area contributed by atoms with E-state index in [9.17, 15) is 22.8 Å². The minimum atomic E-state index is -4.61. The molecule has 1 aromatic rings. The Morgan fingerprint density at radius 2 is 2.00 bits per heavy atom. The van der Waals surface area contributed by atoms with E-state index in [0.717, 1.165) is 0 Å². The Kier molecular flexibility index (Phi) is 5.54. The summed E-state index contributed by atoms with van der Waals surface area (Å²) in [5.74, 6) is -0.474. The Hall–Kier alpha value is -1.83. The number of hydrogen-bond donors (Lipinski definition) is 2. The molecular formula is C13H17F3N2O3. The van der Waals surface area contributed by atoms with Crippen LogP contribution >= 0.6 is 0 Å². The average Bonchev–Trinajstić information content (AvgIpc) is 2.36. The molecule has 21 heavy (non-hydrogen) atoms. The van der Waals surface area contributed by atoms with Crippen molar-refractivity contribution in [3.05, 3.63) is 28.2 Å². The Balaban J connectivity index is 2.83. The van der Waals surface area contributed by atoms with Gasteiger partial charge in [0.25, 0.3) is 11.5 Å². The molecule has 0 aliphatic carbocycles. The minimum Gasteiger partial charge on any atom is -0.368 e. The first kappa shape index (κ1) is 17.2. The van der Waals surface area contributed by atoms with Gasteiger partial charge in [-0.2, -0.15) is 13.2 Å². The van der Waals surface area contributed by atoms with E-state index in [2.05, 4.69) is 5.32 Å². The zero-order valence-electron chi connectivity index (χ0n) is 11.9. The number of anilines is 1. The number of H-pyrrole nitrogens is 1. The SMILES string of the molecule is CC(C)CO[C@H](C)C(=O)Nc1cc(C(F)(F)F)c[nH]c1=O. The molecule has 1 rings (SSSR count). The molecule has 0 unspecified atom stereocenters. The molecule has 118 valence electrons. The molecule has 0 saturated heterocycles. The molecule has 0 saturated carbocycles. The fraction of sp³-hybridized carbons (Fsp3) is 0.538. The molecule has 0 spiro atoms. The van der Waals surface area contributed by atoms with Crippen LogP contribution < -0.4 is 10.9 Å². The van der Waals surface area contributed by atoms with Crippen molar-refractivity contribution < 1.29 is 22.7 Å². The van der Waals surface area contributed by atoms with Crippen LogP contribution in [0.2, 0.25) is 0 Å². The normalized spacial score (nSPS) is 13.3. The number of amides is 1. The van der Waals surface area contributed by atoms with Crippen molar-refractivity contribution in [2.24, 2.45) is 5.92 Å². The van der Waals surface area contributed by atoms with Crippen LogP contribution in [0.15, 0.2) is 17.1 Å². The maximum Gasteiger partial charge on any atom is 0.417 e. The summed E-state index contributed by atoms with van der Waals surface area (Å²) < 4.78 is 42.9. The number of carbonyl (C=O) groups is 1. The van der Waals surface area contributed by atoms with Crippen LogP contribution in [0, 0.1) is 5.92 Å². The number of ether oxygens (including phenoxy) is 1.